The van der Waals surface area contributed by atoms with Gasteiger partial charge in [-0.25, -0.2) is 4.39 Å². The highest BCUT2D eigenvalue weighted by atomic mass is 35.5. The van der Waals surface area contributed by atoms with Crippen molar-refractivity contribution < 1.29 is 18.6 Å². The van der Waals surface area contributed by atoms with Crippen molar-refractivity contribution in [2.75, 3.05) is 14.2 Å². The van der Waals surface area contributed by atoms with Crippen LogP contribution >= 0.6 is 11.6 Å². The van der Waals surface area contributed by atoms with Gasteiger partial charge < -0.3 is 19.5 Å². The molecule has 0 radical (unpaired) electrons. The third kappa shape index (κ3) is 5.62. The second kappa shape index (κ2) is 10.1. The molecule has 4 nitrogen and oxygen atoms in total. The van der Waals surface area contributed by atoms with Crippen LogP contribution in [0.25, 0.3) is 0 Å². The summed E-state index contributed by atoms with van der Waals surface area (Å²) in [6.45, 7) is 1.50. The molecule has 0 unspecified atom stereocenters. The minimum atomic E-state index is -0.278. The van der Waals surface area contributed by atoms with Gasteiger partial charge in [0, 0.05) is 29.7 Å². The fourth-order valence-electron chi connectivity index (χ4n) is 2.91. The van der Waals surface area contributed by atoms with Crippen molar-refractivity contribution in [3.8, 4) is 17.2 Å². The first-order valence-electron chi connectivity index (χ1n) is 9.17. The highest BCUT2D eigenvalue weighted by Gasteiger charge is 2.11. The highest BCUT2D eigenvalue weighted by Crippen LogP contribution is 2.34. The van der Waals surface area contributed by atoms with Crippen LogP contribution < -0.4 is 19.5 Å². The van der Waals surface area contributed by atoms with E-state index in [0.29, 0.717) is 36.2 Å². The lowest BCUT2D eigenvalue weighted by molar-refractivity contribution is 0.284. The minimum absolute atomic E-state index is 0.278. The average molecular weight is 416 g/mol. The highest BCUT2D eigenvalue weighted by molar-refractivity contribution is 6.31. The molecule has 29 heavy (non-hydrogen) atoms. The van der Waals surface area contributed by atoms with E-state index >= 15 is 0 Å². The summed E-state index contributed by atoms with van der Waals surface area (Å²) in [4.78, 5) is 0. The van der Waals surface area contributed by atoms with E-state index in [-0.39, 0.29) is 5.82 Å². The van der Waals surface area contributed by atoms with Crippen molar-refractivity contribution in [3.63, 3.8) is 0 Å². The molecule has 0 aromatic heterocycles. The molecule has 0 spiro atoms. The monoisotopic (exact) mass is 415 g/mol. The van der Waals surface area contributed by atoms with Crippen LogP contribution in [0.4, 0.5) is 4.39 Å². The molecule has 3 aromatic carbocycles. The topological polar surface area (TPSA) is 39.7 Å². The van der Waals surface area contributed by atoms with Gasteiger partial charge in [0.1, 0.15) is 18.2 Å². The summed E-state index contributed by atoms with van der Waals surface area (Å²) < 4.78 is 29.7. The summed E-state index contributed by atoms with van der Waals surface area (Å²) in [5.74, 6) is 1.69. The van der Waals surface area contributed by atoms with E-state index in [1.807, 2.05) is 30.3 Å². The molecule has 0 fully saturated rings. The van der Waals surface area contributed by atoms with Crippen molar-refractivity contribution >= 4 is 11.6 Å². The van der Waals surface area contributed by atoms with E-state index in [9.17, 15) is 4.39 Å². The van der Waals surface area contributed by atoms with Gasteiger partial charge in [-0.05, 0) is 35.4 Å². The smallest absolute Gasteiger partial charge is 0.163 e. The Hall–Kier alpha value is -2.76. The molecule has 152 valence electrons. The Morgan fingerprint density at radius 2 is 1.52 bits per heavy atom. The maximum atomic E-state index is 13.0. The second-order valence-electron chi connectivity index (χ2n) is 6.43. The number of nitrogens with one attached hydrogen (secondary N) is 1. The molecule has 0 amide bonds. The van der Waals surface area contributed by atoms with Crippen molar-refractivity contribution in [1.82, 2.24) is 5.32 Å². The number of rotatable bonds is 9. The number of halogens is 2. The first-order chi connectivity index (χ1) is 14.1. The first kappa shape index (κ1) is 21.0. The summed E-state index contributed by atoms with van der Waals surface area (Å²) in [7, 11) is 3.24. The van der Waals surface area contributed by atoms with Gasteiger partial charge in [-0.3, -0.25) is 0 Å². The predicted molar refractivity (Wildman–Crippen MR) is 112 cm³/mol. The quantitative estimate of drug-likeness (QED) is 0.510. The lowest BCUT2D eigenvalue weighted by Gasteiger charge is -2.15. The Morgan fingerprint density at radius 3 is 2.24 bits per heavy atom. The maximum absolute atomic E-state index is 13.0. The zero-order valence-electron chi connectivity index (χ0n) is 16.4. The summed E-state index contributed by atoms with van der Waals surface area (Å²) >= 11 is 6.45. The van der Waals surface area contributed by atoms with Gasteiger partial charge >= 0.3 is 0 Å². The molecule has 1 N–H and O–H groups in total. The Balaban J connectivity index is 1.65. The summed E-state index contributed by atoms with van der Waals surface area (Å²) in [5, 5.41) is 3.95. The van der Waals surface area contributed by atoms with Crippen LogP contribution in [0.2, 0.25) is 5.02 Å². The fourth-order valence-corrected chi connectivity index (χ4v) is 3.13. The van der Waals surface area contributed by atoms with Crippen molar-refractivity contribution in [1.29, 1.82) is 0 Å². The zero-order chi connectivity index (χ0) is 20.6. The summed E-state index contributed by atoms with van der Waals surface area (Å²) in [6.07, 6.45) is 0. The molecule has 0 atom stereocenters. The molecule has 0 heterocycles. The second-order valence-corrected chi connectivity index (χ2v) is 6.83. The maximum Gasteiger partial charge on any atom is 0.163 e. The van der Waals surface area contributed by atoms with E-state index in [4.69, 9.17) is 25.8 Å². The van der Waals surface area contributed by atoms with Crippen molar-refractivity contribution in [2.24, 2.45) is 0 Å². The summed E-state index contributed by atoms with van der Waals surface area (Å²) in [6, 6.07) is 17.6. The lowest BCUT2D eigenvalue weighted by Crippen LogP contribution is -2.14. The van der Waals surface area contributed by atoms with Gasteiger partial charge in [0.15, 0.2) is 11.5 Å². The van der Waals surface area contributed by atoms with Gasteiger partial charge in [-0.2, -0.15) is 0 Å². The van der Waals surface area contributed by atoms with Gasteiger partial charge in [0.25, 0.3) is 0 Å². The molecule has 0 aliphatic rings. The van der Waals surface area contributed by atoms with E-state index < -0.39 is 0 Å². The Labute approximate surface area is 175 Å². The molecule has 6 heteroatoms. The van der Waals surface area contributed by atoms with Crippen LogP contribution in [0.15, 0.2) is 60.7 Å². The third-order valence-corrected chi connectivity index (χ3v) is 4.82. The van der Waals surface area contributed by atoms with E-state index in [1.54, 1.807) is 32.4 Å². The minimum Gasteiger partial charge on any atom is -0.496 e. The molecular weight excluding hydrogens is 393 g/mol. The standard InChI is InChI=1S/C23H23ClFNO3/c1-27-21-6-4-3-5-17(21)13-26-14-18-11-22(28-2)23(12-20(18)24)29-15-16-7-9-19(25)10-8-16/h3-12,26H,13-15H2,1-2H3. The fraction of sp³-hybridized carbons (Fsp3) is 0.217. The summed E-state index contributed by atoms with van der Waals surface area (Å²) in [5.41, 5.74) is 2.82. The van der Waals surface area contributed by atoms with Crippen LogP contribution in [0, 0.1) is 5.82 Å². The number of benzene rings is 3. The van der Waals surface area contributed by atoms with E-state index in [2.05, 4.69) is 5.32 Å². The Bertz CT molecular complexity index is 947. The van der Waals surface area contributed by atoms with E-state index in [1.165, 1.54) is 12.1 Å². The number of hydrogen-bond acceptors (Lipinski definition) is 4. The molecule has 0 saturated carbocycles. The van der Waals surface area contributed by atoms with Crippen LogP contribution in [-0.4, -0.2) is 14.2 Å². The SMILES string of the molecule is COc1ccccc1CNCc1cc(OC)c(OCc2ccc(F)cc2)cc1Cl. The third-order valence-electron chi connectivity index (χ3n) is 4.46. The van der Waals surface area contributed by atoms with Crippen LogP contribution in [0.5, 0.6) is 17.2 Å². The van der Waals surface area contributed by atoms with Crippen LogP contribution in [0.1, 0.15) is 16.7 Å². The number of ether oxygens (including phenoxy) is 3. The van der Waals surface area contributed by atoms with E-state index in [0.717, 1.165) is 22.4 Å². The number of hydrogen-bond donors (Lipinski definition) is 1. The molecule has 3 aromatic rings. The van der Waals surface area contributed by atoms with Gasteiger partial charge in [-0.1, -0.05) is 41.9 Å². The molecule has 3 rings (SSSR count). The van der Waals surface area contributed by atoms with Gasteiger partial charge in [0.05, 0.1) is 14.2 Å². The zero-order valence-corrected chi connectivity index (χ0v) is 17.1. The Kier molecular flexibility index (Phi) is 7.33. The largest absolute Gasteiger partial charge is 0.496 e. The predicted octanol–water partition coefficient (Wildman–Crippen LogP) is 5.37. The average Bonchev–Trinajstić information content (AvgIpc) is 2.75. The van der Waals surface area contributed by atoms with Gasteiger partial charge in [0.2, 0.25) is 0 Å². The molecular formula is C23H23ClFNO3. The molecule has 0 aliphatic heterocycles. The molecule has 0 aliphatic carbocycles. The van der Waals surface area contributed by atoms with Crippen LogP contribution in [-0.2, 0) is 19.7 Å². The first-order valence-corrected chi connectivity index (χ1v) is 9.54. The number of methoxy groups -OCH3 is 2. The van der Waals surface area contributed by atoms with Crippen molar-refractivity contribution in [3.05, 3.63) is 88.2 Å². The molecule has 0 bridgehead atoms. The van der Waals surface area contributed by atoms with Crippen LogP contribution in [0.3, 0.4) is 0 Å². The number of para-hydroxylation sites is 1. The lowest BCUT2D eigenvalue weighted by atomic mass is 10.1. The van der Waals surface area contributed by atoms with Gasteiger partial charge in [-0.15, -0.1) is 0 Å². The van der Waals surface area contributed by atoms with Crippen molar-refractivity contribution in [2.45, 2.75) is 19.7 Å². The Morgan fingerprint density at radius 1 is 0.828 bits per heavy atom. The molecule has 0 saturated heterocycles. The normalized spacial score (nSPS) is 10.6.